The van der Waals surface area contributed by atoms with Crippen LogP contribution in [0, 0.1) is 5.92 Å². The van der Waals surface area contributed by atoms with Crippen LogP contribution in [-0.2, 0) is 11.3 Å². The first-order chi connectivity index (χ1) is 11.3. The third-order valence-electron chi connectivity index (χ3n) is 4.94. The molecule has 1 saturated carbocycles. The molecule has 0 unspecified atom stereocenters. The van der Waals surface area contributed by atoms with Crippen molar-refractivity contribution in [2.24, 2.45) is 5.92 Å². The van der Waals surface area contributed by atoms with Gasteiger partial charge in [0.05, 0.1) is 12.2 Å². The Labute approximate surface area is 134 Å². The number of nitrogens with zero attached hydrogens (tertiary/aromatic N) is 4. The molecule has 1 atom stereocenters. The van der Waals surface area contributed by atoms with Crippen LogP contribution in [0.4, 0.5) is 0 Å². The Morgan fingerprint density at radius 3 is 2.91 bits per heavy atom. The molecular formula is C16H22N6O. The van der Waals surface area contributed by atoms with E-state index in [0.717, 1.165) is 49.2 Å². The van der Waals surface area contributed by atoms with Crippen molar-refractivity contribution in [3.8, 4) is 0 Å². The van der Waals surface area contributed by atoms with E-state index in [4.69, 9.17) is 5.10 Å². The molecule has 1 aliphatic carbocycles. The van der Waals surface area contributed by atoms with Crippen molar-refractivity contribution in [3.63, 3.8) is 0 Å². The lowest BCUT2D eigenvalue weighted by Crippen LogP contribution is -2.36. The Morgan fingerprint density at radius 1 is 1.30 bits per heavy atom. The number of nitrogens with one attached hydrogen (secondary N) is 2. The van der Waals surface area contributed by atoms with E-state index < -0.39 is 0 Å². The Bertz CT molecular complexity index is 702. The predicted molar refractivity (Wildman–Crippen MR) is 85.9 cm³/mol. The largest absolute Gasteiger partial charge is 0.354 e. The SMILES string of the molecule is O=C(NCCn1nc([C@@H]2CCNC2)c2nccnc21)C1CCC1. The summed E-state index contributed by atoms with van der Waals surface area (Å²) in [4.78, 5) is 20.8. The van der Waals surface area contributed by atoms with Gasteiger partial charge < -0.3 is 10.6 Å². The van der Waals surface area contributed by atoms with Crippen molar-refractivity contribution in [1.82, 2.24) is 30.4 Å². The lowest BCUT2D eigenvalue weighted by atomic mass is 9.85. The lowest BCUT2D eigenvalue weighted by molar-refractivity contribution is -0.127. The first-order valence-electron chi connectivity index (χ1n) is 8.49. The van der Waals surface area contributed by atoms with Gasteiger partial charge in [-0.25, -0.2) is 14.6 Å². The van der Waals surface area contributed by atoms with E-state index in [1.54, 1.807) is 12.4 Å². The van der Waals surface area contributed by atoms with Gasteiger partial charge in [-0.15, -0.1) is 0 Å². The molecule has 2 aromatic rings. The van der Waals surface area contributed by atoms with E-state index >= 15 is 0 Å². The number of amides is 1. The van der Waals surface area contributed by atoms with Crippen LogP contribution in [0.2, 0.25) is 0 Å². The van der Waals surface area contributed by atoms with E-state index in [0.29, 0.717) is 19.0 Å². The fourth-order valence-corrected chi connectivity index (χ4v) is 3.34. The summed E-state index contributed by atoms with van der Waals surface area (Å²) in [5.41, 5.74) is 2.74. The second-order valence-electron chi connectivity index (χ2n) is 6.45. The summed E-state index contributed by atoms with van der Waals surface area (Å²) >= 11 is 0. The van der Waals surface area contributed by atoms with Crippen molar-refractivity contribution < 1.29 is 4.79 Å². The van der Waals surface area contributed by atoms with Gasteiger partial charge in [-0.3, -0.25) is 4.79 Å². The van der Waals surface area contributed by atoms with Crippen LogP contribution < -0.4 is 10.6 Å². The molecule has 2 fully saturated rings. The highest BCUT2D eigenvalue weighted by Crippen LogP contribution is 2.27. The summed E-state index contributed by atoms with van der Waals surface area (Å²) < 4.78 is 1.89. The molecule has 23 heavy (non-hydrogen) atoms. The molecular weight excluding hydrogens is 292 g/mol. The van der Waals surface area contributed by atoms with Crippen LogP contribution in [0.25, 0.3) is 11.2 Å². The Kier molecular flexibility index (Phi) is 3.95. The van der Waals surface area contributed by atoms with Gasteiger partial charge >= 0.3 is 0 Å². The Balaban J connectivity index is 1.49. The standard InChI is InChI=1S/C16H22N6O/c23-16(11-2-1-3-11)20-8-9-22-15-14(18-6-7-19-15)13(21-22)12-4-5-17-10-12/h6-7,11-12,17H,1-5,8-10H2,(H,20,23)/t12-/m1/s1. The predicted octanol–water partition coefficient (Wildman–Crippen LogP) is 0.819. The summed E-state index contributed by atoms with van der Waals surface area (Å²) in [6, 6.07) is 0. The topological polar surface area (TPSA) is 84.7 Å². The fraction of sp³-hybridized carbons (Fsp3) is 0.625. The minimum atomic E-state index is 0.180. The van der Waals surface area contributed by atoms with Gasteiger partial charge in [-0.2, -0.15) is 5.10 Å². The lowest BCUT2D eigenvalue weighted by Gasteiger charge is -2.23. The number of carbonyl (C=O) groups is 1. The van der Waals surface area contributed by atoms with Gasteiger partial charge in [-0.1, -0.05) is 6.42 Å². The summed E-state index contributed by atoms with van der Waals surface area (Å²) in [5.74, 6) is 0.809. The number of hydrogen-bond donors (Lipinski definition) is 2. The second kappa shape index (κ2) is 6.23. The molecule has 122 valence electrons. The van der Waals surface area contributed by atoms with Gasteiger partial charge in [0.15, 0.2) is 5.65 Å². The molecule has 2 aromatic heterocycles. The van der Waals surface area contributed by atoms with Crippen LogP contribution in [0.5, 0.6) is 0 Å². The molecule has 7 heteroatoms. The van der Waals surface area contributed by atoms with Crippen molar-refractivity contribution in [1.29, 1.82) is 0 Å². The average Bonchev–Trinajstić information content (AvgIpc) is 3.13. The van der Waals surface area contributed by atoms with E-state index in [2.05, 4.69) is 20.6 Å². The minimum Gasteiger partial charge on any atom is -0.354 e. The molecule has 1 amide bonds. The van der Waals surface area contributed by atoms with Gasteiger partial charge in [0.25, 0.3) is 0 Å². The quantitative estimate of drug-likeness (QED) is 0.853. The van der Waals surface area contributed by atoms with Crippen molar-refractivity contribution in [2.45, 2.75) is 38.1 Å². The Hall–Kier alpha value is -2.02. The highest BCUT2D eigenvalue weighted by molar-refractivity contribution is 5.79. The summed E-state index contributed by atoms with van der Waals surface area (Å²) in [7, 11) is 0. The number of fused-ring (bicyclic) bond motifs is 1. The highest BCUT2D eigenvalue weighted by Gasteiger charge is 2.26. The van der Waals surface area contributed by atoms with Gasteiger partial charge in [0.1, 0.15) is 5.52 Å². The van der Waals surface area contributed by atoms with Gasteiger partial charge in [-0.05, 0) is 25.8 Å². The van der Waals surface area contributed by atoms with E-state index in [1.807, 2.05) is 4.68 Å². The van der Waals surface area contributed by atoms with Crippen molar-refractivity contribution >= 4 is 17.1 Å². The normalized spacial score (nSPS) is 21.5. The first-order valence-corrected chi connectivity index (χ1v) is 8.49. The third kappa shape index (κ3) is 2.81. The third-order valence-corrected chi connectivity index (χ3v) is 4.94. The monoisotopic (exact) mass is 314 g/mol. The molecule has 1 saturated heterocycles. The van der Waals surface area contributed by atoms with E-state index in [-0.39, 0.29) is 11.8 Å². The zero-order valence-electron chi connectivity index (χ0n) is 13.2. The summed E-state index contributed by atoms with van der Waals surface area (Å²) in [5, 5.41) is 11.1. The van der Waals surface area contributed by atoms with Crippen LogP contribution in [-0.4, -0.2) is 45.3 Å². The second-order valence-corrected chi connectivity index (χ2v) is 6.45. The van der Waals surface area contributed by atoms with Crippen LogP contribution in [0.15, 0.2) is 12.4 Å². The number of aromatic nitrogens is 4. The molecule has 2 N–H and O–H groups in total. The minimum absolute atomic E-state index is 0.180. The zero-order chi connectivity index (χ0) is 15.6. The number of rotatable bonds is 5. The van der Waals surface area contributed by atoms with Crippen LogP contribution >= 0.6 is 0 Å². The smallest absolute Gasteiger partial charge is 0.223 e. The zero-order valence-corrected chi connectivity index (χ0v) is 13.2. The highest BCUT2D eigenvalue weighted by atomic mass is 16.1. The number of carbonyl (C=O) groups excluding carboxylic acids is 1. The van der Waals surface area contributed by atoms with Gasteiger partial charge in [0.2, 0.25) is 5.91 Å². The molecule has 3 heterocycles. The van der Waals surface area contributed by atoms with Crippen LogP contribution in [0.1, 0.15) is 37.3 Å². The molecule has 0 spiro atoms. The summed E-state index contributed by atoms with van der Waals surface area (Å²) in [6.07, 6.45) is 7.74. The molecule has 0 aromatic carbocycles. The van der Waals surface area contributed by atoms with Crippen LogP contribution in [0.3, 0.4) is 0 Å². The van der Waals surface area contributed by atoms with Crippen molar-refractivity contribution in [2.75, 3.05) is 19.6 Å². The first kappa shape index (κ1) is 14.6. The molecule has 2 aliphatic rings. The maximum atomic E-state index is 11.9. The van der Waals surface area contributed by atoms with Crippen molar-refractivity contribution in [3.05, 3.63) is 18.1 Å². The molecule has 4 rings (SSSR count). The average molecular weight is 314 g/mol. The van der Waals surface area contributed by atoms with E-state index in [1.165, 1.54) is 6.42 Å². The maximum absolute atomic E-state index is 11.9. The Morgan fingerprint density at radius 2 is 2.17 bits per heavy atom. The fourth-order valence-electron chi connectivity index (χ4n) is 3.34. The molecule has 0 bridgehead atoms. The molecule has 7 nitrogen and oxygen atoms in total. The summed E-state index contributed by atoms with van der Waals surface area (Å²) in [6.45, 7) is 3.19. The number of hydrogen-bond acceptors (Lipinski definition) is 5. The molecule has 1 aliphatic heterocycles. The van der Waals surface area contributed by atoms with E-state index in [9.17, 15) is 4.79 Å². The van der Waals surface area contributed by atoms with Gasteiger partial charge in [0, 0.05) is 37.3 Å². The molecule has 0 radical (unpaired) electrons. The maximum Gasteiger partial charge on any atom is 0.223 e.